The summed E-state index contributed by atoms with van der Waals surface area (Å²) in [6.07, 6.45) is 8.90. The highest BCUT2D eigenvalue weighted by Crippen LogP contribution is 2.60. The van der Waals surface area contributed by atoms with Crippen LogP contribution in [0.2, 0.25) is 0 Å². The molecule has 0 aliphatic heterocycles. The molecular weight excluding hydrogens is 246 g/mol. The van der Waals surface area contributed by atoms with Crippen molar-refractivity contribution in [2.24, 2.45) is 23.2 Å². The second-order valence-electron chi connectivity index (χ2n) is 6.40. The summed E-state index contributed by atoms with van der Waals surface area (Å²) >= 11 is 1.26. The highest BCUT2D eigenvalue weighted by Gasteiger charge is 2.54. The van der Waals surface area contributed by atoms with Gasteiger partial charge in [-0.3, -0.25) is 4.79 Å². The third-order valence-corrected chi connectivity index (χ3v) is 5.68. The molecule has 1 aromatic rings. The van der Waals surface area contributed by atoms with Gasteiger partial charge in [0.2, 0.25) is 11.0 Å². The van der Waals surface area contributed by atoms with E-state index in [1.807, 2.05) is 0 Å². The van der Waals surface area contributed by atoms with Crippen molar-refractivity contribution in [2.45, 2.75) is 38.5 Å². The highest BCUT2D eigenvalue weighted by molar-refractivity contribution is 7.09. The molecule has 5 rings (SSSR count). The smallest absolute Gasteiger partial charge is 0.232 e. The average Bonchev–Trinajstić information content (AvgIpc) is 2.79. The number of carbonyl (C=O) groups excluding carboxylic acids is 1. The van der Waals surface area contributed by atoms with Crippen LogP contribution in [0.4, 0.5) is 5.13 Å². The number of amides is 1. The van der Waals surface area contributed by atoms with E-state index in [-0.39, 0.29) is 11.3 Å². The van der Waals surface area contributed by atoms with E-state index in [1.54, 1.807) is 0 Å². The molecule has 4 nitrogen and oxygen atoms in total. The van der Waals surface area contributed by atoms with Crippen LogP contribution in [-0.2, 0) is 4.79 Å². The van der Waals surface area contributed by atoms with Crippen molar-refractivity contribution in [3.8, 4) is 0 Å². The predicted octanol–water partition coefficient (Wildman–Crippen LogP) is 2.69. The monoisotopic (exact) mass is 263 g/mol. The molecule has 4 bridgehead atoms. The molecule has 0 saturated heterocycles. The molecule has 4 aliphatic carbocycles. The first-order chi connectivity index (χ1) is 8.73. The van der Waals surface area contributed by atoms with Crippen molar-refractivity contribution in [1.29, 1.82) is 0 Å². The van der Waals surface area contributed by atoms with Gasteiger partial charge in [-0.1, -0.05) is 0 Å². The van der Waals surface area contributed by atoms with Crippen molar-refractivity contribution in [2.75, 3.05) is 5.32 Å². The van der Waals surface area contributed by atoms with Gasteiger partial charge < -0.3 is 5.32 Å². The highest BCUT2D eigenvalue weighted by atomic mass is 32.1. The number of hydrogen-bond donors (Lipinski definition) is 1. The van der Waals surface area contributed by atoms with Crippen LogP contribution in [0.1, 0.15) is 38.5 Å². The maximum atomic E-state index is 12.6. The maximum absolute atomic E-state index is 12.6. The Morgan fingerprint density at radius 3 is 2.33 bits per heavy atom. The van der Waals surface area contributed by atoms with E-state index >= 15 is 0 Å². The third kappa shape index (κ3) is 1.60. The van der Waals surface area contributed by atoms with Gasteiger partial charge >= 0.3 is 0 Å². The van der Waals surface area contributed by atoms with E-state index in [4.69, 9.17) is 0 Å². The first-order valence-electron chi connectivity index (χ1n) is 6.82. The molecule has 1 aromatic heterocycles. The summed E-state index contributed by atoms with van der Waals surface area (Å²) in [5, 5.41) is 3.63. The van der Waals surface area contributed by atoms with Crippen molar-refractivity contribution >= 4 is 22.6 Å². The average molecular weight is 263 g/mol. The van der Waals surface area contributed by atoms with Crippen LogP contribution < -0.4 is 5.32 Å². The molecule has 4 fully saturated rings. The molecule has 0 spiro atoms. The van der Waals surface area contributed by atoms with Crippen LogP contribution >= 0.6 is 11.5 Å². The van der Waals surface area contributed by atoms with Crippen LogP contribution in [0.3, 0.4) is 0 Å². The van der Waals surface area contributed by atoms with E-state index in [9.17, 15) is 4.79 Å². The Labute approximate surface area is 110 Å². The zero-order chi connectivity index (χ0) is 12.2. The van der Waals surface area contributed by atoms with Gasteiger partial charge in [-0.05, 0) is 56.3 Å². The molecule has 1 amide bonds. The lowest BCUT2D eigenvalue weighted by Crippen LogP contribution is -2.51. The summed E-state index contributed by atoms with van der Waals surface area (Å²) in [6, 6.07) is 0. The molecule has 0 radical (unpaired) electrons. The van der Waals surface area contributed by atoms with Gasteiger partial charge in [-0.25, -0.2) is 4.98 Å². The Morgan fingerprint density at radius 2 is 1.83 bits per heavy atom. The van der Waals surface area contributed by atoms with Crippen molar-refractivity contribution in [3.63, 3.8) is 0 Å². The lowest BCUT2D eigenvalue weighted by atomic mass is 9.49. The van der Waals surface area contributed by atoms with Gasteiger partial charge in [0.1, 0.15) is 6.33 Å². The minimum atomic E-state index is -0.0829. The minimum absolute atomic E-state index is 0.0829. The Balaban J connectivity index is 1.58. The van der Waals surface area contributed by atoms with Gasteiger partial charge in [-0.15, -0.1) is 0 Å². The van der Waals surface area contributed by atoms with Crippen LogP contribution in [0.15, 0.2) is 6.33 Å². The van der Waals surface area contributed by atoms with E-state index < -0.39 is 0 Å². The standard InChI is InChI=1S/C13H17N3OS/c17-11(16-12-14-7-15-18-12)13-4-8-1-9(5-13)3-10(2-8)6-13/h7-10H,1-6H2,(H,14,15,16,17). The number of aromatic nitrogens is 2. The molecule has 0 aromatic carbocycles. The van der Waals surface area contributed by atoms with E-state index in [0.29, 0.717) is 5.13 Å². The number of anilines is 1. The number of nitrogens with zero attached hydrogens (tertiary/aromatic N) is 2. The van der Waals surface area contributed by atoms with Gasteiger partial charge in [0.15, 0.2) is 0 Å². The summed E-state index contributed by atoms with van der Waals surface area (Å²) in [4.78, 5) is 16.7. The molecule has 4 saturated carbocycles. The topological polar surface area (TPSA) is 54.9 Å². The van der Waals surface area contributed by atoms with Crippen LogP contribution in [0, 0.1) is 23.2 Å². The number of hydrogen-bond acceptors (Lipinski definition) is 4. The van der Waals surface area contributed by atoms with E-state index in [1.165, 1.54) is 37.1 Å². The lowest BCUT2D eigenvalue weighted by molar-refractivity contribution is -0.140. The number of carbonyl (C=O) groups is 1. The molecule has 0 unspecified atom stereocenters. The minimum Gasteiger partial charge on any atom is -0.300 e. The summed E-state index contributed by atoms with van der Waals surface area (Å²) in [5.41, 5.74) is -0.0829. The molecule has 1 heterocycles. The normalized spacial score (nSPS) is 41.0. The first kappa shape index (κ1) is 10.9. The number of nitrogens with one attached hydrogen (secondary N) is 1. The SMILES string of the molecule is O=C(Nc1ncns1)C12CC3CC(CC(C3)C1)C2. The second kappa shape index (κ2) is 3.76. The zero-order valence-electron chi connectivity index (χ0n) is 10.3. The molecule has 5 heteroatoms. The summed E-state index contributed by atoms with van der Waals surface area (Å²) < 4.78 is 3.94. The summed E-state index contributed by atoms with van der Waals surface area (Å²) in [6.45, 7) is 0. The molecule has 4 aliphatic rings. The van der Waals surface area contributed by atoms with E-state index in [0.717, 1.165) is 37.0 Å². The lowest BCUT2D eigenvalue weighted by Gasteiger charge is -2.55. The Hall–Kier alpha value is -0.970. The van der Waals surface area contributed by atoms with Crippen molar-refractivity contribution in [3.05, 3.63) is 6.33 Å². The van der Waals surface area contributed by atoms with Crippen LogP contribution in [-0.4, -0.2) is 15.3 Å². The summed E-state index contributed by atoms with van der Waals surface area (Å²) in [7, 11) is 0. The van der Waals surface area contributed by atoms with Gasteiger partial charge in [0, 0.05) is 11.5 Å². The van der Waals surface area contributed by atoms with Gasteiger partial charge in [0.25, 0.3) is 0 Å². The molecular formula is C13H17N3OS. The van der Waals surface area contributed by atoms with Crippen LogP contribution in [0.5, 0.6) is 0 Å². The van der Waals surface area contributed by atoms with Crippen molar-refractivity contribution < 1.29 is 4.79 Å². The fraction of sp³-hybridized carbons (Fsp3) is 0.769. The fourth-order valence-electron chi connectivity index (χ4n) is 4.85. The van der Waals surface area contributed by atoms with Gasteiger partial charge in [-0.2, -0.15) is 4.37 Å². The zero-order valence-corrected chi connectivity index (χ0v) is 11.1. The Bertz CT molecular complexity index is 435. The molecule has 18 heavy (non-hydrogen) atoms. The quantitative estimate of drug-likeness (QED) is 0.892. The van der Waals surface area contributed by atoms with Gasteiger partial charge in [0.05, 0.1) is 5.41 Å². The summed E-state index contributed by atoms with van der Waals surface area (Å²) in [5.74, 6) is 2.61. The number of rotatable bonds is 2. The molecule has 1 N–H and O–H groups in total. The predicted molar refractivity (Wildman–Crippen MR) is 69.1 cm³/mol. The fourth-order valence-corrected chi connectivity index (χ4v) is 5.27. The van der Waals surface area contributed by atoms with Crippen molar-refractivity contribution in [1.82, 2.24) is 9.36 Å². The molecule has 96 valence electrons. The maximum Gasteiger partial charge on any atom is 0.232 e. The molecule has 0 atom stereocenters. The Kier molecular flexibility index (Phi) is 2.28. The third-order valence-electron chi connectivity index (χ3n) is 5.10. The largest absolute Gasteiger partial charge is 0.300 e. The second-order valence-corrected chi connectivity index (χ2v) is 7.18. The van der Waals surface area contributed by atoms with E-state index in [2.05, 4.69) is 14.7 Å². The van der Waals surface area contributed by atoms with Crippen LogP contribution in [0.25, 0.3) is 0 Å². The Morgan fingerprint density at radius 1 is 1.22 bits per heavy atom. The first-order valence-corrected chi connectivity index (χ1v) is 7.59.